The van der Waals surface area contributed by atoms with Gasteiger partial charge in [-0.25, -0.2) is 4.57 Å². The van der Waals surface area contributed by atoms with E-state index in [1.807, 2.05) is 26.0 Å². The summed E-state index contributed by atoms with van der Waals surface area (Å²) in [7, 11) is -4.20. The van der Waals surface area contributed by atoms with Crippen molar-refractivity contribution in [1.82, 2.24) is 0 Å². The third kappa shape index (κ3) is 12.1. The summed E-state index contributed by atoms with van der Waals surface area (Å²) in [5, 5.41) is 10.4. The number of phosphoric acid groups is 1. The van der Waals surface area contributed by atoms with Crippen LogP contribution in [-0.4, -0.2) is 17.5 Å². The minimum Gasteiger partial charge on any atom is -0.550 e. The summed E-state index contributed by atoms with van der Waals surface area (Å²) in [6, 6.07) is 8.16. The minimum atomic E-state index is -4.20. The van der Waals surface area contributed by atoms with E-state index in [2.05, 4.69) is 32.9 Å². The number of carbonyl (C=O) groups excluding carboxylic acids is 1. The van der Waals surface area contributed by atoms with Crippen LogP contribution in [0.15, 0.2) is 24.3 Å². The van der Waals surface area contributed by atoms with Crippen molar-refractivity contribution in [2.24, 2.45) is 0 Å². The molecule has 0 spiro atoms. The molecule has 0 aliphatic carbocycles. The number of aryl methyl sites for hydroxylation is 5. The largest absolute Gasteiger partial charge is 1.00 e. The van der Waals surface area contributed by atoms with Crippen molar-refractivity contribution >= 4 is 13.8 Å². The van der Waals surface area contributed by atoms with Crippen molar-refractivity contribution in [3.8, 4) is 16.9 Å². The molecule has 2 aromatic rings. The van der Waals surface area contributed by atoms with Gasteiger partial charge in [0.15, 0.2) is 0 Å². The molecule has 200 valence electrons. The zero-order valence-corrected chi connectivity index (χ0v) is 26.4. The molecule has 0 saturated heterocycles. The number of carbonyl (C=O) groups is 1. The van der Waals surface area contributed by atoms with Crippen molar-refractivity contribution in [3.63, 3.8) is 0 Å². The molecule has 0 aromatic heterocycles. The number of phosphoric ester groups is 1. The zero-order valence-electron chi connectivity index (χ0n) is 23.5. The second-order valence-electron chi connectivity index (χ2n) is 9.90. The Hall–Kier alpha value is -1.14. The van der Waals surface area contributed by atoms with Gasteiger partial charge in [-0.15, -0.1) is 0 Å². The predicted octanol–water partition coefficient (Wildman–Crippen LogP) is 4.05. The van der Waals surface area contributed by atoms with Crippen LogP contribution < -0.4 is 39.2 Å². The smallest absolute Gasteiger partial charge is 0.550 e. The molecule has 0 heterocycles. The molecular formula is C29H42NaO6P. The molecule has 0 aliphatic rings. The van der Waals surface area contributed by atoms with Crippen molar-refractivity contribution in [2.45, 2.75) is 98.8 Å². The summed E-state index contributed by atoms with van der Waals surface area (Å²) >= 11 is 0. The van der Waals surface area contributed by atoms with E-state index in [-0.39, 0.29) is 42.6 Å². The van der Waals surface area contributed by atoms with E-state index in [1.165, 1.54) is 22.3 Å². The Morgan fingerprint density at radius 2 is 1.30 bits per heavy atom. The van der Waals surface area contributed by atoms with E-state index in [1.54, 1.807) is 0 Å². The topological polar surface area (TPSA) is 95.9 Å². The van der Waals surface area contributed by atoms with Crippen LogP contribution in [0.25, 0.3) is 11.1 Å². The molecule has 2 aromatic carbocycles. The first kappa shape index (κ1) is 33.9. The van der Waals surface area contributed by atoms with Crippen molar-refractivity contribution in [1.29, 1.82) is 0 Å². The van der Waals surface area contributed by atoms with E-state index >= 15 is 0 Å². The van der Waals surface area contributed by atoms with E-state index in [4.69, 9.17) is 9.05 Å². The Morgan fingerprint density at radius 3 is 1.84 bits per heavy atom. The SMILES string of the molecule is Cc1cc(C)c(-c2cc(C)c(OP(=O)(O)OCCCCCCCCCCCC(=O)[O-])cc2C)c(C)c1.[Na+]. The maximum atomic E-state index is 12.5. The number of hydrogen-bond acceptors (Lipinski definition) is 5. The zero-order chi connectivity index (χ0) is 26.7. The molecule has 0 aliphatic heterocycles. The van der Waals surface area contributed by atoms with Crippen LogP contribution >= 0.6 is 7.82 Å². The van der Waals surface area contributed by atoms with Gasteiger partial charge in [-0.1, -0.05) is 62.6 Å². The summed E-state index contributed by atoms with van der Waals surface area (Å²) in [6.45, 7) is 10.3. The summed E-state index contributed by atoms with van der Waals surface area (Å²) in [6.07, 6.45) is 8.79. The van der Waals surface area contributed by atoms with Crippen LogP contribution in [0.5, 0.6) is 5.75 Å². The Kier molecular flexibility index (Phi) is 15.3. The van der Waals surface area contributed by atoms with E-state index < -0.39 is 13.8 Å². The fraction of sp³-hybridized carbons (Fsp3) is 0.552. The number of hydrogen-bond donors (Lipinski definition) is 1. The molecule has 0 bridgehead atoms. The molecule has 0 amide bonds. The van der Waals surface area contributed by atoms with Crippen LogP contribution in [-0.2, 0) is 13.9 Å². The number of carboxylic acid groups (broad SMARTS) is 1. The van der Waals surface area contributed by atoms with Gasteiger partial charge in [0.1, 0.15) is 5.75 Å². The Labute approximate surface area is 245 Å². The maximum absolute atomic E-state index is 12.5. The van der Waals surface area contributed by atoms with Gasteiger partial charge in [-0.3, -0.25) is 9.42 Å². The number of unbranched alkanes of at least 4 members (excludes halogenated alkanes) is 8. The van der Waals surface area contributed by atoms with Crippen LogP contribution in [0.3, 0.4) is 0 Å². The molecule has 1 atom stereocenters. The minimum absolute atomic E-state index is 0. The molecule has 6 nitrogen and oxygen atoms in total. The van der Waals surface area contributed by atoms with E-state index in [0.29, 0.717) is 18.6 Å². The molecule has 0 saturated carbocycles. The van der Waals surface area contributed by atoms with Crippen LogP contribution in [0.1, 0.15) is 92.0 Å². The summed E-state index contributed by atoms with van der Waals surface area (Å²) in [5.74, 6) is -0.606. The van der Waals surface area contributed by atoms with Crippen LogP contribution in [0.4, 0.5) is 0 Å². The van der Waals surface area contributed by atoms with E-state index in [9.17, 15) is 19.4 Å². The third-order valence-corrected chi connectivity index (χ3v) is 7.40. The second kappa shape index (κ2) is 16.7. The molecule has 1 N–H and O–H groups in total. The quantitative estimate of drug-likeness (QED) is 0.196. The molecular weight excluding hydrogens is 498 g/mol. The van der Waals surface area contributed by atoms with Crippen LogP contribution in [0, 0.1) is 34.6 Å². The standard InChI is InChI=1S/C29H43O6P.Na/c1-21-17-24(4)29(25(5)18-21)26-19-23(3)27(20-22(26)2)35-36(32,33)34-16-14-12-10-8-6-7-9-11-13-15-28(30)31;/h17-20H,6-16H2,1-5H3,(H,30,31)(H,32,33);/q;+1/p-1. The van der Waals surface area contributed by atoms with Crippen molar-refractivity contribution in [3.05, 3.63) is 52.1 Å². The fourth-order valence-corrected chi connectivity index (χ4v) is 5.56. The fourth-order valence-electron chi connectivity index (χ4n) is 4.70. The Morgan fingerprint density at radius 1 is 0.784 bits per heavy atom. The summed E-state index contributed by atoms with van der Waals surface area (Å²) in [4.78, 5) is 20.6. The maximum Gasteiger partial charge on any atom is 1.00 e. The molecule has 2 rings (SSSR count). The monoisotopic (exact) mass is 540 g/mol. The summed E-state index contributed by atoms with van der Waals surface area (Å²) < 4.78 is 23.2. The average Bonchev–Trinajstić information content (AvgIpc) is 2.76. The van der Waals surface area contributed by atoms with Crippen LogP contribution in [0.2, 0.25) is 0 Å². The van der Waals surface area contributed by atoms with Gasteiger partial charge in [-0.05, 0) is 99.4 Å². The Balaban J connectivity index is 0.00000684. The molecule has 0 fully saturated rings. The summed E-state index contributed by atoms with van der Waals surface area (Å²) in [5.41, 5.74) is 7.68. The van der Waals surface area contributed by atoms with Crippen molar-refractivity contribution < 1.29 is 58.0 Å². The predicted molar refractivity (Wildman–Crippen MR) is 143 cm³/mol. The molecule has 8 heteroatoms. The first-order valence-corrected chi connectivity index (χ1v) is 14.6. The third-order valence-electron chi connectivity index (χ3n) is 6.46. The molecule has 1 unspecified atom stereocenters. The van der Waals surface area contributed by atoms with Gasteiger partial charge >= 0.3 is 37.4 Å². The molecule has 0 radical (unpaired) electrons. The second-order valence-corrected chi connectivity index (χ2v) is 11.3. The van der Waals surface area contributed by atoms with Gasteiger partial charge in [0.05, 0.1) is 6.61 Å². The molecule has 37 heavy (non-hydrogen) atoms. The van der Waals surface area contributed by atoms with E-state index in [0.717, 1.165) is 61.6 Å². The number of aliphatic carboxylic acids is 1. The first-order chi connectivity index (χ1) is 17.0. The first-order valence-electron chi connectivity index (χ1n) is 13.1. The van der Waals surface area contributed by atoms with Gasteiger partial charge < -0.3 is 14.4 Å². The van der Waals surface area contributed by atoms with Crippen molar-refractivity contribution in [2.75, 3.05) is 6.61 Å². The Bertz CT molecular complexity index is 1050. The van der Waals surface area contributed by atoms with Gasteiger partial charge in [0, 0.05) is 5.97 Å². The number of rotatable bonds is 16. The van der Waals surface area contributed by atoms with Gasteiger partial charge in [0.25, 0.3) is 0 Å². The van der Waals surface area contributed by atoms with Gasteiger partial charge in [0.2, 0.25) is 0 Å². The van der Waals surface area contributed by atoms with Gasteiger partial charge in [-0.2, -0.15) is 0 Å². The number of benzene rings is 2. The average molecular weight is 541 g/mol. The normalized spacial score (nSPS) is 12.6. The number of carboxylic acids is 1.